The van der Waals surface area contributed by atoms with Gasteiger partial charge in [0.15, 0.2) is 0 Å². The predicted molar refractivity (Wildman–Crippen MR) is 92.9 cm³/mol. The summed E-state index contributed by atoms with van der Waals surface area (Å²) in [5, 5.41) is 5.73. The lowest BCUT2D eigenvalue weighted by molar-refractivity contribution is -0.131. The molecule has 0 saturated carbocycles. The number of carbonyl (C=O) groups excluding carboxylic acids is 1. The zero-order chi connectivity index (χ0) is 18.0. The van der Waals surface area contributed by atoms with Gasteiger partial charge in [-0.2, -0.15) is 13.5 Å². The molecule has 9 heteroatoms. The first-order valence-electron chi connectivity index (χ1n) is 7.80. The van der Waals surface area contributed by atoms with Crippen LogP contribution >= 0.6 is 0 Å². The van der Waals surface area contributed by atoms with Gasteiger partial charge in [0.2, 0.25) is 5.91 Å². The number of hydrazone groups is 1. The Morgan fingerprint density at radius 2 is 2.20 bits per heavy atom. The Balaban J connectivity index is 2.00. The molecule has 0 bridgehead atoms. The maximum atomic E-state index is 12.1. The number of hydrogen-bond donors (Lipinski definition) is 0. The summed E-state index contributed by atoms with van der Waals surface area (Å²) < 4.78 is 35.6. The Bertz CT molecular complexity index is 834. The largest absolute Gasteiger partial charge is 0.489 e. The van der Waals surface area contributed by atoms with Crippen LogP contribution in [0.2, 0.25) is 0 Å². The second-order valence-corrected chi connectivity index (χ2v) is 7.17. The molecule has 2 aliphatic rings. The summed E-state index contributed by atoms with van der Waals surface area (Å²) in [5.74, 6) is 0.402. The number of hydrogen-bond acceptors (Lipinski definition) is 6. The fourth-order valence-electron chi connectivity index (χ4n) is 2.77. The van der Waals surface area contributed by atoms with E-state index in [-0.39, 0.29) is 19.1 Å². The summed E-state index contributed by atoms with van der Waals surface area (Å²) in [6, 6.07) is 5.22. The molecule has 0 N–H and O–H groups in total. The molecular weight excluding hydrogens is 346 g/mol. The molecule has 0 spiro atoms. The summed E-state index contributed by atoms with van der Waals surface area (Å²) in [6.45, 7) is 4.37. The third-order valence-electron chi connectivity index (χ3n) is 4.00. The van der Waals surface area contributed by atoms with Crippen LogP contribution in [-0.4, -0.2) is 51.9 Å². The second-order valence-electron chi connectivity index (χ2n) is 5.54. The zero-order valence-corrected chi connectivity index (χ0v) is 14.7. The van der Waals surface area contributed by atoms with Crippen molar-refractivity contribution in [2.45, 2.75) is 12.8 Å². The first kappa shape index (κ1) is 17.4. The molecule has 0 aromatic heterocycles. The Kier molecular flexibility index (Phi) is 4.78. The molecule has 1 aromatic carbocycles. The highest BCUT2D eigenvalue weighted by atomic mass is 32.2. The first-order chi connectivity index (χ1) is 12.0. The van der Waals surface area contributed by atoms with Crippen molar-refractivity contribution in [1.82, 2.24) is 5.01 Å². The van der Waals surface area contributed by atoms with Gasteiger partial charge in [0.05, 0.1) is 31.6 Å². The number of carbonyl (C=O) groups is 1. The van der Waals surface area contributed by atoms with Gasteiger partial charge in [-0.05, 0) is 18.2 Å². The van der Waals surface area contributed by atoms with Crippen molar-refractivity contribution in [3.05, 3.63) is 36.4 Å². The summed E-state index contributed by atoms with van der Waals surface area (Å²) in [5.41, 5.74) is 1.85. The number of anilines is 1. The van der Waals surface area contributed by atoms with Gasteiger partial charge in [-0.15, -0.1) is 6.58 Å². The smallest absolute Gasteiger partial charge is 0.362 e. The van der Waals surface area contributed by atoms with E-state index in [0.29, 0.717) is 36.5 Å². The van der Waals surface area contributed by atoms with Gasteiger partial charge in [-0.25, -0.2) is 9.31 Å². The van der Waals surface area contributed by atoms with Crippen LogP contribution in [0.5, 0.6) is 5.75 Å². The van der Waals surface area contributed by atoms with Gasteiger partial charge in [0, 0.05) is 18.4 Å². The lowest BCUT2D eigenvalue weighted by Gasteiger charge is -2.30. The lowest BCUT2D eigenvalue weighted by atomic mass is 10.0. The maximum absolute atomic E-state index is 12.1. The van der Waals surface area contributed by atoms with Crippen LogP contribution in [0.15, 0.2) is 36.0 Å². The fourth-order valence-corrected chi connectivity index (χ4v) is 3.63. The van der Waals surface area contributed by atoms with E-state index in [4.69, 9.17) is 4.74 Å². The molecule has 2 heterocycles. The quantitative estimate of drug-likeness (QED) is 0.734. The van der Waals surface area contributed by atoms with Crippen LogP contribution in [0.1, 0.15) is 18.4 Å². The number of amides is 1. The Hall–Kier alpha value is -2.39. The van der Waals surface area contributed by atoms with Crippen LogP contribution in [0.4, 0.5) is 5.69 Å². The summed E-state index contributed by atoms with van der Waals surface area (Å²) in [7, 11) is -2.75. The standard InChI is InChI=1S/C16H19N3O5S/c1-3-8-18-16(20)7-5-13(17-18)12-4-6-15-14(11-12)19(9-10-24-15)25(21,22)23-2/h3-4,6,11H,1,5,7-10H2,2H3. The second kappa shape index (κ2) is 6.85. The fraction of sp³-hybridized carbons (Fsp3) is 0.375. The highest BCUT2D eigenvalue weighted by Crippen LogP contribution is 2.35. The molecule has 0 aliphatic carbocycles. The van der Waals surface area contributed by atoms with Crippen LogP contribution < -0.4 is 9.04 Å². The van der Waals surface area contributed by atoms with Crippen LogP contribution in [0, 0.1) is 0 Å². The minimum Gasteiger partial charge on any atom is -0.489 e. The molecule has 0 unspecified atom stereocenters. The van der Waals surface area contributed by atoms with Gasteiger partial charge < -0.3 is 4.74 Å². The highest BCUT2D eigenvalue weighted by molar-refractivity contribution is 7.88. The molecule has 134 valence electrons. The van der Waals surface area contributed by atoms with Crippen LogP contribution in [-0.2, 0) is 19.3 Å². The molecule has 25 heavy (non-hydrogen) atoms. The molecule has 1 amide bonds. The number of rotatable bonds is 5. The maximum Gasteiger partial charge on any atom is 0.362 e. The number of benzene rings is 1. The molecular formula is C16H19N3O5S. The molecule has 0 atom stereocenters. The summed E-state index contributed by atoms with van der Waals surface area (Å²) in [6.07, 6.45) is 2.45. The van der Waals surface area contributed by atoms with Crippen molar-refractivity contribution < 1.29 is 22.1 Å². The van der Waals surface area contributed by atoms with Gasteiger partial charge in [0.25, 0.3) is 0 Å². The van der Waals surface area contributed by atoms with Crippen molar-refractivity contribution in [2.24, 2.45) is 5.10 Å². The van der Waals surface area contributed by atoms with Crippen LogP contribution in [0.25, 0.3) is 0 Å². The Morgan fingerprint density at radius 1 is 1.40 bits per heavy atom. The average Bonchev–Trinajstić information content (AvgIpc) is 2.62. The third-order valence-corrected chi connectivity index (χ3v) is 5.34. The minimum absolute atomic E-state index is 0.0615. The first-order valence-corrected chi connectivity index (χ1v) is 9.17. The van der Waals surface area contributed by atoms with E-state index < -0.39 is 10.3 Å². The van der Waals surface area contributed by atoms with Gasteiger partial charge in [0.1, 0.15) is 12.4 Å². The topological polar surface area (TPSA) is 88.5 Å². The number of fused-ring (bicyclic) bond motifs is 1. The van der Waals surface area contributed by atoms with E-state index in [9.17, 15) is 13.2 Å². The highest BCUT2D eigenvalue weighted by Gasteiger charge is 2.30. The van der Waals surface area contributed by atoms with Crippen molar-refractivity contribution >= 4 is 27.6 Å². The van der Waals surface area contributed by atoms with Crippen molar-refractivity contribution in [2.75, 3.05) is 31.1 Å². The summed E-state index contributed by atoms with van der Waals surface area (Å²) in [4.78, 5) is 11.9. The van der Waals surface area contributed by atoms with E-state index in [2.05, 4.69) is 15.9 Å². The van der Waals surface area contributed by atoms with Crippen molar-refractivity contribution in [3.63, 3.8) is 0 Å². The SMILES string of the molecule is C=CCN1N=C(c2ccc3c(c2)N(S(=O)(=O)OC)CCO3)CCC1=O. The van der Waals surface area contributed by atoms with E-state index in [0.717, 1.165) is 12.7 Å². The molecule has 2 aliphatic heterocycles. The summed E-state index contributed by atoms with van der Waals surface area (Å²) >= 11 is 0. The van der Waals surface area contributed by atoms with Gasteiger partial charge >= 0.3 is 10.3 Å². The normalized spacial score (nSPS) is 17.6. The molecule has 3 rings (SSSR count). The monoisotopic (exact) mass is 365 g/mol. The molecule has 1 aromatic rings. The van der Waals surface area contributed by atoms with E-state index in [1.807, 2.05) is 6.07 Å². The molecule has 0 fully saturated rings. The van der Waals surface area contributed by atoms with Crippen molar-refractivity contribution in [1.29, 1.82) is 0 Å². The Morgan fingerprint density at radius 3 is 2.92 bits per heavy atom. The third kappa shape index (κ3) is 3.38. The molecule has 8 nitrogen and oxygen atoms in total. The van der Waals surface area contributed by atoms with E-state index in [1.54, 1.807) is 18.2 Å². The average molecular weight is 365 g/mol. The van der Waals surface area contributed by atoms with Crippen molar-refractivity contribution in [3.8, 4) is 5.75 Å². The van der Waals surface area contributed by atoms with Gasteiger partial charge in [-0.1, -0.05) is 6.08 Å². The van der Waals surface area contributed by atoms with Crippen LogP contribution in [0.3, 0.4) is 0 Å². The predicted octanol–water partition coefficient (Wildman–Crippen LogP) is 1.29. The number of nitrogens with zero attached hydrogens (tertiary/aromatic N) is 3. The zero-order valence-electron chi connectivity index (χ0n) is 13.8. The molecule has 0 saturated heterocycles. The van der Waals surface area contributed by atoms with Gasteiger partial charge in [-0.3, -0.25) is 8.98 Å². The lowest BCUT2D eigenvalue weighted by Crippen LogP contribution is -2.38. The molecule has 0 radical (unpaired) electrons. The minimum atomic E-state index is -3.87. The number of ether oxygens (including phenoxy) is 1. The Labute approximate surface area is 146 Å². The van der Waals surface area contributed by atoms with E-state index in [1.165, 1.54) is 9.31 Å². The van der Waals surface area contributed by atoms with E-state index >= 15 is 0 Å².